The quantitative estimate of drug-likeness (QED) is 0.924. The van der Waals surface area contributed by atoms with E-state index in [1.54, 1.807) is 12.4 Å². The number of carbonyl (C=O) groups excluding carboxylic acids is 1. The number of aromatic amines is 1. The summed E-state index contributed by atoms with van der Waals surface area (Å²) in [6.07, 6.45) is 3.23. The standard InChI is InChI=1S/C15H17BrN4O/c16-14-3-1-12(2-4-14)11-19-5-7-20(8-6-19)15(21)13-9-17-18-10-13/h1-4,9-10H,5-8,11H2,(H,17,18). The SMILES string of the molecule is O=C(c1cn[nH]c1)N1CCN(Cc2ccc(Br)cc2)CC1. The zero-order chi connectivity index (χ0) is 14.7. The molecule has 1 aromatic carbocycles. The van der Waals surface area contributed by atoms with Crippen molar-refractivity contribution in [3.8, 4) is 0 Å². The number of hydrogen-bond acceptors (Lipinski definition) is 3. The Labute approximate surface area is 132 Å². The average molecular weight is 349 g/mol. The molecule has 2 heterocycles. The van der Waals surface area contributed by atoms with E-state index in [2.05, 4.69) is 55.3 Å². The number of halogens is 1. The minimum absolute atomic E-state index is 0.0621. The predicted molar refractivity (Wildman–Crippen MR) is 83.9 cm³/mol. The van der Waals surface area contributed by atoms with Gasteiger partial charge in [0.1, 0.15) is 0 Å². The van der Waals surface area contributed by atoms with Crippen molar-refractivity contribution in [2.75, 3.05) is 26.2 Å². The average Bonchev–Trinajstić information content (AvgIpc) is 3.04. The molecule has 0 aliphatic carbocycles. The van der Waals surface area contributed by atoms with Gasteiger partial charge in [0.2, 0.25) is 0 Å². The van der Waals surface area contributed by atoms with Crippen molar-refractivity contribution in [1.29, 1.82) is 0 Å². The summed E-state index contributed by atoms with van der Waals surface area (Å²) in [5, 5.41) is 6.51. The van der Waals surface area contributed by atoms with Crippen LogP contribution in [0.5, 0.6) is 0 Å². The van der Waals surface area contributed by atoms with E-state index >= 15 is 0 Å². The van der Waals surface area contributed by atoms with Crippen molar-refractivity contribution in [2.24, 2.45) is 0 Å². The summed E-state index contributed by atoms with van der Waals surface area (Å²) in [6, 6.07) is 8.39. The van der Waals surface area contributed by atoms with Crippen molar-refractivity contribution < 1.29 is 4.79 Å². The van der Waals surface area contributed by atoms with Crippen LogP contribution >= 0.6 is 15.9 Å². The Morgan fingerprint density at radius 1 is 1.19 bits per heavy atom. The molecule has 110 valence electrons. The van der Waals surface area contributed by atoms with E-state index in [1.807, 2.05) is 4.90 Å². The Morgan fingerprint density at radius 2 is 1.90 bits per heavy atom. The van der Waals surface area contributed by atoms with Gasteiger partial charge in [0, 0.05) is 43.4 Å². The fraction of sp³-hybridized carbons (Fsp3) is 0.333. The van der Waals surface area contributed by atoms with Crippen molar-refractivity contribution in [3.05, 3.63) is 52.3 Å². The third-order valence-corrected chi connectivity index (χ3v) is 4.25. The lowest BCUT2D eigenvalue weighted by molar-refractivity contribution is 0.0628. The van der Waals surface area contributed by atoms with Crippen molar-refractivity contribution in [3.63, 3.8) is 0 Å². The second-order valence-electron chi connectivity index (χ2n) is 5.18. The highest BCUT2D eigenvalue weighted by Crippen LogP contribution is 2.14. The van der Waals surface area contributed by atoms with E-state index in [0.29, 0.717) is 5.56 Å². The van der Waals surface area contributed by atoms with Gasteiger partial charge in [-0.15, -0.1) is 0 Å². The van der Waals surface area contributed by atoms with E-state index in [0.717, 1.165) is 37.2 Å². The number of piperazine rings is 1. The lowest BCUT2D eigenvalue weighted by Crippen LogP contribution is -2.48. The van der Waals surface area contributed by atoms with E-state index in [1.165, 1.54) is 5.56 Å². The number of H-pyrrole nitrogens is 1. The molecule has 1 fully saturated rings. The molecule has 0 atom stereocenters. The Bertz CT molecular complexity index is 589. The van der Waals surface area contributed by atoms with E-state index in [4.69, 9.17) is 0 Å². The first-order valence-corrected chi connectivity index (χ1v) is 7.76. The maximum Gasteiger partial charge on any atom is 0.257 e. The van der Waals surface area contributed by atoms with Gasteiger partial charge < -0.3 is 4.90 Å². The largest absolute Gasteiger partial charge is 0.336 e. The molecule has 1 aliphatic rings. The lowest BCUT2D eigenvalue weighted by atomic mass is 10.2. The van der Waals surface area contributed by atoms with Crippen LogP contribution in [-0.4, -0.2) is 52.1 Å². The number of rotatable bonds is 3. The first kappa shape index (κ1) is 14.3. The molecule has 1 N–H and O–H groups in total. The van der Waals surface area contributed by atoms with Gasteiger partial charge >= 0.3 is 0 Å². The highest BCUT2D eigenvalue weighted by atomic mass is 79.9. The summed E-state index contributed by atoms with van der Waals surface area (Å²) < 4.78 is 1.10. The normalized spacial score (nSPS) is 16.1. The van der Waals surface area contributed by atoms with Gasteiger partial charge in [0.25, 0.3) is 5.91 Å². The molecule has 1 amide bonds. The van der Waals surface area contributed by atoms with Crippen LogP contribution in [0.4, 0.5) is 0 Å². The monoisotopic (exact) mass is 348 g/mol. The highest BCUT2D eigenvalue weighted by molar-refractivity contribution is 9.10. The molecular weight excluding hydrogens is 332 g/mol. The Balaban J connectivity index is 1.53. The second-order valence-corrected chi connectivity index (χ2v) is 6.10. The van der Waals surface area contributed by atoms with Crippen molar-refractivity contribution >= 4 is 21.8 Å². The zero-order valence-corrected chi connectivity index (χ0v) is 13.2. The molecule has 0 radical (unpaired) electrons. The Kier molecular flexibility index (Phi) is 4.36. The summed E-state index contributed by atoms with van der Waals surface area (Å²) in [6.45, 7) is 4.27. The molecule has 1 saturated heterocycles. The van der Waals surface area contributed by atoms with Crippen LogP contribution in [0.15, 0.2) is 41.1 Å². The molecule has 1 aromatic heterocycles. The number of amides is 1. The van der Waals surface area contributed by atoms with Crippen LogP contribution in [0.25, 0.3) is 0 Å². The number of hydrogen-bond donors (Lipinski definition) is 1. The third-order valence-electron chi connectivity index (χ3n) is 3.72. The highest BCUT2D eigenvalue weighted by Gasteiger charge is 2.22. The van der Waals surface area contributed by atoms with Crippen molar-refractivity contribution in [1.82, 2.24) is 20.0 Å². The van der Waals surface area contributed by atoms with E-state index < -0.39 is 0 Å². The number of aromatic nitrogens is 2. The Hall–Kier alpha value is -1.66. The first-order valence-electron chi connectivity index (χ1n) is 6.97. The van der Waals surface area contributed by atoms with Crippen LogP contribution in [0.2, 0.25) is 0 Å². The molecule has 0 saturated carbocycles. The molecule has 0 unspecified atom stereocenters. The summed E-state index contributed by atoms with van der Waals surface area (Å²) in [5.41, 5.74) is 1.93. The van der Waals surface area contributed by atoms with Gasteiger partial charge in [-0.05, 0) is 17.7 Å². The van der Waals surface area contributed by atoms with Crippen LogP contribution in [0, 0.1) is 0 Å². The minimum atomic E-state index is 0.0621. The van der Waals surface area contributed by atoms with Gasteiger partial charge in [-0.1, -0.05) is 28.1 Å². The maximum atomic E-state index is 12.2. The minimum Gasteiger partial charge on any atom is -0.336 e. The summed E-state index contributed by atoms with van der Waals surface area (Å²) in [4.78, 5) is 16.5. The lowest BCUT2D eigenvalue weighted by Gasteiger charge is -2.34. The predicted octanol–water partition coefficient (Wildman–Crippen LogP) is 2.13. The van der Waals surface area contributed by atoms with E-state index in [9.17, 15) is 4.79 Å². The number of benzene rings is 1. The number of nitrogens with one attached hydrogen (secondary N) is 1. The first-order chi connectivity index (χ1) is 10.2. The molecule has 5 nitrogen and oxygen atoms in total. The van der Waals surface area contributed by atoms with Crippen LogP contribution in [0.1, 0.15) is 15.9 Å². The molecular formula is C15H17BrN4O. The number of nitrogens with zero attached hydrogens (tertiary/aromatic N) is 3. The molecule has 0 bridgehead atoms. The van der Waals surface area contributed by atoms with Gasteiger partial charge in [-0.3, -0.25) is 14.8 Å². The summed E-state index contributed by atoms with van der Waals surface area (Å²) in [7, 11) is 0. The molecule has 21 heavy (non-hydrogen) atoms. The van der Waals surface area contributed by atoms with Gasteiger partial charge in [-0.25, -0.2) is 0 Å². The fourth-order valence-electron chi connectivity index (χ4n) is 2.51. The second kappa shape index (κ2) is 6.41. The molecule has 3 rings (SSSR count). The fourth-order valence-corrected chi connectivity index (χ4v) is 2.77. The van der Waals surface area contributed by atoms with Crippen LogP contribution in [0.3, 0.4) is 0 Å². The topological polar surface area (TPSA) is 52.2 Å². The summed E-state index contributed by atoms with van der Waals surface area (Å²) in [5.74, 6) is 0.0621. The van der Waals surface area contributed by atoms with Gasteiger partial charge in [-0.2, -0.15) is 5.10 Å². The van der Waals surface area contributed by atoms with Gasteiger partial charge in [0.15, 0.2) is 0 Å². The zero-order valence-electron chi connectivity index (χ0n) is 11.6. The van der Waals surface area contributed by atoms with Crippen molar-refractivity contribution in [2.45, 2.75) is 6.54 Å². The molecule has 0 spiro atoms. The molecule has 2 aromatic rings. The molecule has 1 aliphatic heterocycles. The third kappa shape index (κ3) is 3.51. The van der Waals surface area contributed by atoms with Crippen LogP contribution in [-0.2, 0) is 6.54 Å². The van der Waals surface area contributed by atoms with Gasteiger partial charge in [0.05, 0.1) is 11.8 Å². The Morgan fingerprint density at radius 3 is 2.52 bits per heavy atom. The van der Waals surface area contributed by atoms with E-state index in [-0.39, 0.29) is 5.91 Å². The summed E-state index contributed by atoms with van der Waals surface area (Å²) >= 11 is 3.45. The molecule has 6 heteroatoms. The maximum absolute atomic E-state index is 12.2. The van der Waals surface area contributed by atoms with Crippen LogP contribution < -0.4 is 0 Å². The number of carbonyl (C=O) groups is 1. The smallest absolute Gasteiger partial charge is 0.257 e.